The third kappa shape index (κ3) is 5.30. The van der Waals surface area contributed by atoms with Crippen LogP contribution < -0.4 is 0 Å². The van der Waals surface area contributed by atoms with E-state index in [1.54, 1.807) is 0 Å². The summed E-state index contributed by atoms with van der Waals surface area (Å²) < 4.78 is 16.2. The van der Waals surface area contributed by atoms with E-state index in [2.05, 4.69) is 6.07 Å². The Morgan fingerprint density at radius 3 is 2.73 bits per heavy atom. The molecule has 0 N–H and O–H groups in total. The molecule has 5 heteroatoms. The topological polar surface area (TPSA) is 68.6 Å². The maximum atomic E-state index is 11.7. The lowest BCUT2D eigenvalue weighted by atomic mass is 9.75. The third-order valence-corrected chi connectivity index (χ3v) is 5.23. The van der Waals surface area contributed by atoms with E-state index in [1.165, 1.54) is 12.7 Å². The van der Waals surface area contributed by atoms with Crippen molar-refractivity contribution in [1.82, 2.24) is 0 Å². The number of aryl methyl sites for hydroxylation is 2. The van der Waals surface area contributed by atoms with Gasteiger partial charge in [-0.3, -0.25) is 4.79 Å². The first kappa shape index (κ1) is 20.4. The van der Waals surface area contributed by atoms with Gasteiger partial charge in [0.15, 0.2) is 6.29 Å². The zero-order chi connectivity index (χ0) is 19.0. The van der Waals surface area contributed by atoms with Crippen molar-refractivity contribution in [3.63, 3.8) is 0 Å². The zero-order valence-corrected chi connectivity index (χ0v) is 16.0. The number of rotatable bonds is 8. The Morgan fingerprint density at radius 1 is 1.31 bits per heavy atom. The second-order valence-electron chi connectivity index (χ2n) is 6.99. The quantitative estimate of drug-likeness (QED) is 0.657. The van der Waals surface area contributed by atoms with Gasteiger partial charge in [0, 0.05) is 13.0 Å². The number of carbonyl (C=O) groups is 1. The smallest absolute Gasteiger partial charge is 0.305 e. The van der Waals surface area contributed by atoms with E-state index in [-0.39, 0.29) is 18.7 Å². The van der Waals surface area contributed by atoms with Crippen LogP contribution in [-0.2, 0) is 24.4 Å². The molecule has 2 atom stereocenters. The minimum absolute atomic E-state index is 0.180. The van der Waals surface area contributed by atoms with Crippen LogP contribution in [0.15, 0.2) is 18.2 Å². The molecule has 0 saturated carbocycles. The fourth-order valence-corrected chi connectivity index (χ4v) is 3.25. The molecule has 2 unspecified atom stereocenters. The van der Waals surface area contributed by atoms with Crippen LogP contribution in [0.5, 0.6) is 0 Å². The van der Waals surface area contributed by atoms with E-state index in [9.17, 15) is 10.1 Å². The molecule has 0 aliphatic carbocycles. The molecule has 0 bridgehead atoms. The number of hydrogen-bond donors (Lipinski definition) is 0. The summed E-state index contributed by atoms with van der Waals surface area (Å²) in [6, 6.07) is 8.53. The zero-order valence-electron chi connectivity index (χ0n) is 16.0. The van der Waals surface area contributed by atoms with Crippen LogP contribution in [0.3, 0.4) is 0 Å². The first-order chi connectivity index (χ1) is 12.5. The molecule has 0 amide bonds. The normalized spacial score (nSPS) is 19.4. The van der Waals surface area contributed by atoms with Crippen molar-refractivity contribution in [2.75, 3.05) is 20.3 Å². The van der Waals surface area contributed by atoms with Crippen molar-refractivity contribution in [2.24, 2.45) is 0 Å². The molecular formula is C21H29NO4. The number of carbonyl (C=O) groups excluding carboxylic acids is 1. The highest BCUT2D eigenvalue weighted by atomic mass is 16.7. The number of methoxy groups -OCH3 is 1. The summed E-state index contributed by atoms with van der Waals surface area (Å²) in [6.07, 6.45) is 4.02. The van der Waals surface area contributed by atoms with Crippen LogP contribution in [0.2, 0.25) is 0 Å². The number of nitriles is 1. The van der Waals surface area contributed by atoms with Crippen LogP contribution in [0.4, 0.5) is 0 Å². The Hall–Kier alpha value is -1.90. The van der Waals surface area contributed by atoms with Crippen molar-refractivity contribution >= 4 is 5.97 Å². The van der Waals surface area contributed by atoms with Crippen molar-refractivity contribution in [1.29, 1.82) is 5.26 Å². The van der Waals surface area contributed by atoms with Gasteiger partial charge in [-0.05, 0) is 62.6 Å². The molecule has 1 aliphatic rings. The molecule has 0 radical (unpaired) electrons. The molecule has 2 rings (SSSR count). The third-order valence-electron chi connectivity index (χ3n) is 5.23. The van der Waals surface area contributed by atoms with Crippen molar-refractivity contribution < 1.29 is 19.0 Å². The molecule has 1 aliphatic heterocycles. The summed E-state index contributed by atoms with van der Waals surface area (Å²) in [4.78, 5) is 11.7. The van der Waals surface area contributed by atoms with Gasteiger partial charge in [-0.25, -0.2) is 0 Å². The lowest BCUT2D eigenvalue weighted by Gasteiger charge is -2.29. The minimum atomic E-state index is -0.776. The van der Waals surface area contributed by atoms with Crippen LogP contribution in [0.25, 0.3) is 0 Å². The summed E-state index contributed by atoms with van der Waals surface area (Å²) >= 11 is 0. The van der Waals surface area contributed by atoms with Crippen LogP contribution in [0.1, 0.15) is 55.2 Å². The van der Waals surface area contributed by atoms with E-state index in [0.717, 1.165) is 37.0 Å². The lowest BCUT2D eigenvalue weighted by Crippen LogP contribution is -2.30. The van der Waals surface area contributed by atoms with Gasteiger partial charge >= 0.3 is 5.97 Å². The van der Waals surface area contributed by atoms with Crippen molar-refractivity contribution in [2.45, 2.75) is 64.1 Å². The molecule has 0 aromatic heterocycles. The van der Waals surface area contributed by atoms with Gasteiger partial charge in [-0.2, -0.15) is 5.26 Å². The van der Waals surface area contributed by atoms with Gasteiger partial charge in [0.1, 0.15) is 0 Å². The molecular weight excluding hydrogens is 330 g/mol. The van der Waals surface area contributed by atoms with Gasteiger partial charge in [-0.1, -0.05) is 18.2 Å². The Kier molecular flexibility index (Phi) is 7.62. The highest BCUT2D eigenvalue weighted by Crippen LogP contribution is 2.34. The van der Waals surface area contributed by atoms with Gasteiger partial charge in [-0.15, -0.1) is 0 Å². The SMILES string of the molecule is COC(=O)CCC(C#N)(CCOC1CCCCO1)c1ccc(C)c(C)c1. The second-order valence-corrected chi connectivity index (χ2v) is 6.99. The van der Waals surface area contributed by atoms with E-state index < -0.39 is 5.41 Å². The molecule has 1 aromatic rings. The van der Waals surface area contributed by atoms with Crippen molar-refractivity contribution in [3.05, 3.63) is 34.9 Å². The van der Waals surface area contributed by atoms with Gasteiger partial charge < -0.3 is 14.2 Å². The monoisotopic (exact) mass is 359 g/mol. The van der Waals surface area contributed by atoms with Gasteiger partial charge in [0.2, 0.25) is 0 Å². The summed E-state index contributed by atoms with van der Waals surface area (Å²) in [5.74, 6) is -0.301. The molecule has 1 aromatic carbocycles. The second kappa shape index (κ2) is 9.70. The van der Waals surface area contributed by atoms with Gasteiger partial charge in [0.25, 0.3) is 0 Å². The highest BCUT2D eigenvalue weighted by Gasteiger charge is 2.33. The van der Waals surface area contributed by atoms with E-state index in [4.69, 9.17) is 14.2 Å². The highest BCUT2D eigenvalue weighted by molar-refractivity contribution is 5.69. The molecule has 5 nitrogen and oxygen atoms in total. The largest absolute Gasteiger partial charge is 0.469 e. The lowest BCUT2D eigenvalue weighted by molar-refractivity contribution is -0.164. The Morgan fingerprint density at radius 2 is 2.12 bits per heavy atom. The van der Waals surface area contributed by atoms with Gasteiger partial charge in [0.05, 0.1) is 25.2 Å². The van der Waals surface area contributed by atoms with Crippen LogP contribution >= 0.6 is 0 Å². The first-order valence-electron chi connectivity index (χ1n) is 9.30. The fraction of sp³-hybridized carbons (Fsp3) is 0.619. The van der Waals surface area contributed by atoms with E-state index >= 15 is 0 Å². The predicted molar refractivity (Wildman–Crippen MR) is 98.6 cm³/mol. The predicted octanol–water partition coefficient (Wildman–Crippen LogP) is 3.95. The Labute approximate surface area is 156 Å². The van der Waals surface area contributed by atoms with E-state index in [1.807, 2.05) is 32.0 Å². The average Bonchev–Trinajstić information content (AvgIpc) is 2.67. The number of benzene rings is 1. The number of esters is 1. The number of nitrogens with zero attached hydrogens (tertiary/aromatic N) is 1. The minimum Gasteiger partial charge on any atom is -0.469 e. The first-order valence-corrected chi connectivity index (χ1v) is 9.30. The maximum absolute atomic E-state index is 11.7. The molecule has 1 heterocycles. The van der Waals surface area contributed by atoms with Crippen LogP contribution in [-0.4, -0.2) is 32.6 Å². The maximum Gasteiger partial charge on any atom is 0.305 e. The molecule has 1 fully saturated rings. The summed E-state index contributed by atoms with van der Waals surface area (Å²) in [7, 11) is 1.37. The summed E-state index contributed by atoms with van der Waals surface area (Å²) in [5.41, 5.74) is 2.47. The van der Waals surface area contributed by atoms with E-state index in [0.29, 0.717) is 19.4 Å². The average molecular weight is 359 g/mol. The standard InChI is InChI=1S/C21H29NO4/c1-16-7-8-18(14-17(16)2)21(15-22,10-9-19(23)24-3)11-13-26-20-6-4-5-12-25-20/h7-8,14,20H,4-6,9-13H2,1-3H3. The Bertz CT molecular complexity index is 646. The fourth-order valence-electron chi connectivity index (χ4n) is 3.25. The molecule has 26 heavy (non-hydrogen) atoms. The van der Waals surface area contributed by atoms with Crippen LogP contribution in [0, 0.1) is 25.2 Å². The van der Waals surface area contributed by atoms with Crippen molar-refractivity contribution in [3.8, 4) is 6.07 Å². The molecule has 1 saturated heterocycles. The molecule has 142 valence electrons. The summed E-state index contributed by atoms with van der Waals surface area (Å²) in [6.45, 7) is 5.23. The Balaban J connectivity index is 2.14. The molecule has 0 spiro atoms. The number of ether oxygens (including phenoxy) is 3. The number of hydrogen-bond acceptors (Lipinski definition) is 5. The summed E-state index contributed by atoms with van der Waals surface area (Å²) in [5, 5.41) is 10.0.